The molecule has 0 aliphatic heterocycles. The summed E-state index contributed by atoms with van der Waals surface area (Å²) >= 11 is 3.42. The molecule has 0 amide bonds. The Kier molecular flexibility index (Phi) is 8.05. The van der Waals surface area contributed by atoms with Gasteiger partial charge in [0.2, 0.25) is 0 Å². The van der Waals surface area contributed by atoms with E-state index in [9.17, 15) is 9.59 Å². The smallest absolute Gasteiger partial charge is 0.343 e. The van der Waals surface area contributed by atoms with E-state index in [1.807, 2.05) is 13.8 Å². The van der Waals surface area contributed by atoms with Gasteiger partial charge < -0.3 is 14.2 Å². The van der Waals surface area contributed by atoms with Gasteiger partial charge in [0.15, 0.2) is 0 Å². The van der Waals surface area contributed by atoms with Crippen molar-refractivity contribution < 1.29 is 23.8 Å². The molecule has 0 saturated carbocycles. The van der Waals surface area contributed by atoms with Gasteiger partial charge in [-0.05, 0) is 70.2 Å². The van der Waals surface area contributed by atoms with Crippen molar-refractivity contribution in [1.82, 2.24) is 0 Å². The number of carbonyl (C=O) groups excluding carboxylic acids is 2. The maximum atomic E-state index is 12.4. The van der Waals surface area contributed by atoms with Gasteiger partial charge in [0, 0.05) is 0 Å². The molecule has 0 saturated heterocycles. The molecule has 6 heteroatoms. The summed E-state index contributed by atoms with van der Waals surface area (Å²) in [5.41, 5.74) is 0.805. The van der Waals surface area contributed by atoms with Crippen LogP contribution in [0.3, 0.4) is 0 Å². The third-order valence-electron chi connectivity index (χ3n) is 3.59. The Bertz CT molecular complexity index is 812. The van der Waals surface area contributed by atoms with Crippen molar-refractivity contribution in [3.05, 3.63) is 58.1 Å². The number of rotatable bonds is 8. The fraction of sp³-hybridized carbons (Fsp3) is 0.364. The number of carbonyl (C=O) groups is 2. The number of benzene rings is 2. The zero-order chi connectivity index (χ0) is 20.7. The first-order valence-electron chi connectivity index (χ1n) is 9.18. The summed E-state index contributed by atoms with van der Waals surface area (Å²) in [6.45, 7) is 9.02. The quantitative estimate of drug-likeness (QED) is 0.393. The van der Waals surface area contributed by atoms with Crippen molar-refractivity contribution in [3.8, 4) is 11.5 Å². The van der Waals surface area contributed by atoms with Gasteiger partial charge in [-0.1, -0.05) is 27.7 Å². The molecule has 28 heavy (non-hydrogen) atoms. The van der Waals surface area contributed by atoms with Crippen LogP contribution in [0.15, 0.2) is 46.9 Å². The Morgan fingerprint density at radius 1 is 0.857 bits per heavy atom. The third-order valence-corrected chi connectivity index (χ3v) is 4.21. The van der Waals surface area contributed by atoms with Gasteiger partial charge in [-0.25, -0.2) is 9.59 Å². The average molecular weight is 449 g/mol. The standard InChI is InChI=1S/C22H25BrO5/c1-14(2)12-26-20-10-7-17(11-19(20)23)22(25)28-18-8-5-16(6-9-18)21(24)27-13-15(3)4/h5-11,14-15H,12-13H2,1-4H3. The highest BCUT2D eigenvalue weighted by Crippen LogP contribution is 2.27. The lowest BCUT2D eigenvalue weighted by atomic mass is 10.2. The van der Waals surface area contributed by atoms with Crippen LogP contribution >= 0.6 is 15.9 Å². The highest BCUT2D eigenvalue weighted by molar-refractivity contribution is 9.10. The van der Waals surface area contributed by atoms with Gasteiger partial charge in [0.25, 0.3) is 0 Å². The lowest BCUT2D eigenvalue weighted by Gasteiger charge is -2.11. The molecule has 0 atom stereocenters. The van der Waals surface area contributed by atoms with E-state index in [0.29, 0.717) is 46.2 Å². The maximum Gasteiger partial charge on any atom is 0.343 e. The van der Waals surface area contributed by atoms with Crippen molar-refractivity contribution in [2.75, 3.05) is 13.2 Å². The zero-order valence-corrected chi connectivity index (χ0v) is 18.1. The minimum Gasteiger partial charge on any atom is -0.492 e. The topological polar surface area (TPSA) is 61.8 Å². The van der Waals surface area contributed by atoms with Gasteiger partial charge in [-0.2, -0.15) is 0 Å². The predicted octanol–water partition coefficient (Wildman–Crippen LogP) is 5.52. The van der Waals surface area contributed by atoms with E-state index in [1.165, 1.54) is 0 Å². The highest BCUT2D eigenvalue weighted by atomic mass is 79.9. The van der Waals surface area contributed by atoms with E-state index < -0.39 is 11.9 Å². The molecule has 150 valence electrons. The minimum atomic E-state index is -0.494. The molecule has 0 aliphatic rings. The summed E-state index contributed by atoms with van der Waals surface area (Å²) in [5, 5.41) is 0. The second-order valence-electron chi connectivity index (χ2n) is 7.26. The Hall–Kier alpha value is -2.34. The molecule has 5 nitrogen and oxygen atoms in total. The lowest BCUT2D eigenvalue weighted by Crippen LogP contribution is -2.11. The Morgan fingerprint density at radius 3 is 2.04 bits per heavy atom. The van der Waals surface area contributed by atoms with Crippen LogP contribution in [0.1, 0.15) is 48.4 Å². The summed E-state index contributed by atoms with van der Waals surface area (Å²) in [5.74, 6) is 0.808. The molecule has 0 heterocycles. The number of esters is 2. The van der Waals surface area contributed by atoms with E-state index in [-0.39, 0.29) is 5.92 Å². The van der Waals surface area contributed by atoms with Gasteiger partial charge in [0.1, 0.15) is 11.5 Å². The van der Waals surface area contributed by atoms with Crippen molar-refractivity contribution in [3.63, 3.8) is 0 Å². The molecule has 2 aromatic rings. The first kappa shape index (κ1) is 22.0. The molecule has 0 bridgehead atoms. The first-order chi connectivity index (χ1) is 13.3. The molecule has 0 aliphatic carbocycles. The Labute approximate surface area is 174 Å². The van der Waals surface area contributed by atoms with E-state index in [1.54, 1.807) is 42.5 Å². The minimum absolute atomic E-state index is 0.269. The van der Waals surface area contributed by atoms with Crippen molar-refractivity contribution >= 4 is 27.9 Å². The number of ether oxygens (including phenoxy) is 3. The van der Waals surface area contributed by atoms with Crippen LogP contribution in [0.5, 0.6) is 11.5 Å². The molecule has 0 radical (unpaired) electrons. The van der Waals surface area contributed by atoms with Crippen LogP contribution in [0.2, 0.25) is 0 Å². The molecule has 0 fully saturated rings. The largest absolute Gasteiger partial charge is 0.492 e. The average Bonchev–Trinajstić information content (AvgIpc) is 2.65. The van der Waals surface area contributed by atoms with Crippen LogP contribution in [-0.4, -0.2) is 25.2 Å². The van der Waals surface area contributed by atoms with Crippen molar-refractivity contribution in [1.29, 1.82) is 0 Å². The van der Waals surface area contributed by atoms with Crippen LogP contribution < -0.4 is 9.47 Å². The van der Waals surface area contributed by atoms with E-state index in [2.05, 4.69) is 29.8 Å². The zero-order valence-electron chi connectivity index (χ0n) is 16.5. The van der Waals surface area contributed by atoms with Gasteiger partial charge in [0.05, 0.1) is 28.8 Å². The van der Waals surface area contributed by atoms with Crippen LogP contribution in [0.4, 0.5) is 0 Å². The predicted molar refractivity (Wildman–Crippen MR) is 111 cm³/mol. The summed E-state index contributed by atoms with van der Waals surface area (Å²) < 4.78 is 16.9. The molecule has 2 rings (SSSR count). The summed E-state index contributed by atoms with van der Waals surface area (Å²) in [7, 11) is 0. The molecule has 0 spiro atoms. The van der Waals surface area contributed by atoms with Crippen molar-refractivity contribution in [2.45, 2.75) is 27.7 Å². The van der Waals surface area contributed by atoms with Crippen LogP contribution in [0, 0.1) is 11.8 Å². The summed E-state index contributed by atoms with van der Waals surface area (Å²) in [6.07, 6.45) is 0. The fourth-order valence-electron chi connectivity index (χ4n) is 2.15. The maximum absolute atomic E-state index is 12.4. The molecule has 2 aromatic carbocycles. The number of halogens is 1. The van der Waals surface area contributed by atoms with Crippen molar-refractivity contribution in [2.24, 2.45) is 11.8 Å². The van der Waals surface area contributed by atoms with E-state index >= 15 is 0 Å². The summed E-state index contributed by atoms with van der Waals surface area (Å²) in [6, 6.07) is 11.3. The fourth-order valence-corrected chi connectivity index (χ4v) is 2.65. The molecular weight excluding hydrogens is 424 g/mol. The van der Waals surface area contributed by atoms with Crippen LogP contribution in [-0.2, 0) is 4.74 Å². The van der Waals surface area contributed by atoms with Crippen LogP contribution in [0.25, 0.3) is 0 Å². The molecular formula is C22H25BrO5. The Morgan fingerprint density at radius 2 is 1.46 bits per heavy atom. The van der Waals surface area contributed by atoms with Gasteiger partial charge >= 0.3 is 11.9 Å². The third kappa shape index (κ3) is 6.68. The monoisotopic (exact) mass is 448 g/mol. The SMILES string of the molecule is CC(C)COC(=O)c1ccc(OC(=O)c2ccc(OCC(C)C)c(Br)c2)cc1. The van der Waals surface area contributed by atoms with E-state index in [4.69, 9.17) is 14.2 Å². The second-order valence-corrected chi connectivity index (χ2v) is 8.11. The number of hydrogen-bond donors (Lipinski definition) is 0. The van der Waals surface area contributed by atoms with Gasteiger partial charge in [-0.15, -0.1) is 0 Å². The lowest BCUT2D eigenvalue weighted by molar-refractivity contribution is 0.0459. The molecule has 0 unspecified atom stereocenters. The molecule has 0 aromatic heterocycles. The highest BCUT2D eigenvalue weighted by Gasteiger charge is 2.13. The van der Waals surface area contributed by atoms with E-state index in [0.717, 1.165) is 0 Å². The van der Waals surface area contributed by atoms with Gasteiger partial charge in [-0.3, -0.25) is 0 Å². The summed E-state index contributed by atoms with van der Waals surface area (Å²) in [4.78, 5) is 24.3. The first-order valence-corrected chi connectivity index (χ1v) is 9.97. The Balaban J connectivity index is 1.98. The molecule has 0 N–H and O–H groups in total. The number of hydrogen-bond acceptors (Lipinski definition) is 5. The normalized spacial score (nSPS) is 10.8. The second kappa shape index (κ2) is 10.3.